The molecule has 0 spiro atoms. The van der Waals surface area contributed by atoms with Crippen molar-refractivity contribution in [1.29, 1.82) is 0 Å². The average molecular weight is 397 g/mol. The zero-order chi connectivity index (χ0) is 16.6. The number of nitrogens with zero attached hydrogens (tertiary/aromatic N) is 1. The Balaban J connectivity index is 0.00000121. The monoisotopic (exact) mass is 396 g/mol. The average Bonchev–Trinajstić information content (AvgIpc) is 2.59. The Hall–Kier alpha value is -0.840. The van der Waals surface area contributed by atoms with Crippen LogP contribution in [0, 0.1) is 0 Å². The zero-order valence-electron chi connectivity index (χ0n) is 15.1. The molecule has 1 unspecified atom stereocenters. The minimum atomic E-state index is -0.538. The Labute approximate surface area is 168 Å². The molecule has 0 amide bonds. The summed E-state index contributed by atoms with van der Waals surface area (Å²) < 4.78 is 0. The minimum Gasteiger partial charge on any atom is -0.389 e. The molecule has 1 atom stereocenters. The van der Waals surface area contributed by atoms with Crippen LogP contribution < -0.4 is 5.73 Å². The smallest absolute Gasteiger partial charge is 0.0728 e. The first-order valence-electron chi connectivity index (χ1n) is 9.34. The molecule has 2 aromatic rings. The van der Waals surface area contributed by atoms with E-state index in [1.165, 1.54) is 16.3 Å². The van der Waals surface area contributed by atoms with Gasteiger partial charge in [0.1, 0.15) is 0 Å². The molecule has 26 heavy (non-hydrogen) atoms. The number of hydrogen-bond donors (Lipinski definition) is 2. The highest BCUT2D eigenvalue weighted by atomic mass is 35.5. The fraction of sp³-hybridized carbons (Fsp3) is 0.524. The van der Waals surface area contributed by atoms with E-state index in [4.69, 9.17) is 5.73 Å². The molecule has 3 N–H and O–H groups in total. The predicted molar refractivity (Wildman–Crippen MR) is 114 cm³/mol. The summed E-state index contributed by atoms with van der Waals surface area (Å²) in [6, 6.07) is 15.4. The summed E-state index contributed by atoms with van der Waals surface area (Å²) in [4.78, 5) is 2.51. The third-order valence-corrected chi connectivity index (χ3v) is 6.14. The van der Waals surface area contributed by atoms with E-state index in [2.05, 4.69) is 47.4 Å². The lowest BCUT2D eigenvalue weighted by Crippen LogP contribution is -2.49. The largest absolute Gasteiger partial charge is 0.389 e. The van der Waals surface area contributed by atoms with Crippen molar-refractivity contribution in [1.82, 2.24) is 4.90 Å². The number of piperidine rings is 1. The number of halogens is 2. The van der Waals surface area contributed by atoms with Crippen LogP contribution in [0.25, 0.3) is 10.8 Å². The Morgan fingerprint density at radius 1 is 1.04 bits per heavy atom. The van der Waals surface area contributed by atoms with Gasteiger partial charge in [0.15, 0.2) is 0 Å². The Morgan fingerprint density at radius 3 is 2.35 bits per heavy atom. The molecule has 2 aromatic carbocycles. The molecule has 1 heterocycles. The first kappa shape index (κ1) is 21.5. The first-order chi connectivity index (χ1) is 11.7. The summed E-state index contributed by atoms with van der Waals surface area (Å²) in [7, 11) is 0. The van der Waals surface area contributed by atoms with E-state index in [9.17, 15) is 5.11 Å². The fourth-order valence-corrected chi connectivity index (χ4v) is 4.39. The topological polar surface area (TPSA) is 49.5 Å². The van der Waals surface area contributed by atoms with Crippen molar-refractivity contribution in [3.63, 3.8) is 0 Å². The van der Waals surface area contributed by atoms with Gasteiger partial charge < -0.3 is 15.7 Å². The minimum absolute atomic E-state index is 0. The quantitative estimate of drug-likeness (QED) is 0.817. The van der Waals surface area contributed by atoms with Crippen LogP contribution in [0.4, 0.5) is 0 Å². The molecule has 144 valence electrons. The molecule has 5 heteroatoms. The number of rotatable bonds is 4. The van der Waals surface area contributed by atoms with Crippen LogP contribution in [0.3, 0.4) is 0 Å². The summed E-state index contributed by atoms with van der Waals surface area (Å²) >= 11 is 0. The van der Waals surface area contributed by atoms with E-state index in [0.717, 1.165) is 51.7 Å². The number of benzene rings is 2. The van der Waals surface area contributed by atoms with Gasteiger partial charge >= 0.3 is 0 Å². The van der Waals surface area contributed by atoms with Gasteiger partial charge in [0.2, 0.25) is 0 Å². The SMILES string of the molecule is Cl.Cl.NC1CCN(CC(c2cccc3ccccc23)C2(O)CCC2)CC1. The van der Waals surface area contributed by atoms with Crippen molar-refractivity contribution in [3.8, 4) is 0 Å². The summed E-state index contributed by atoms with van der Waals surface area (Å²) in [5.74, 6) is 0.187. The molecule has 1 aliphatic carbocycles. The molecule has 0 radical (unpaired) electrons. The van der Waals surface area contributed by atoms with Crippen molar-refractivity contribution in [2.75, 3.05) is 19.6 Å². The van der Waals surface area contributed by atoms with E-state index < -0.39 is 5.60 Å². The van der Waals surface area contributed by atoms with Gasteiger partial charge in [-0.25, -0.2) is 0 Å². The van der Waals surface area contributed by atoms with E-state index in [1.807, 2.05) is 0 Å². The Morgan fingerprint density at radius 2 is 1.69 bits per heavy atom. The van der Waals surface area contributed by atoms with E-state index in [1.54, 1.807) is 0 Å². The molecule has 1 saturated heterocycles. The van der Waals surface area contributed by atoms with Gasteiger partial charge in [-0.05, 0) is 61.5 Å². The van der Waals surface area contributed by atoms with Crippen molar-refractivity contribution in [2.45, 2.75) is 49.7 Å². The maximum Gasteiger partial charge on any atom is 0.0728 e. The van der Waals surface area contributed by atoms with Crippen molar-refractivity contribution in [3.05, 3.63) is 48.0 Å². The highest BCUT2D eigenvalue weighted by molar-refractivity contribution is 5.86. The van der Waals surface area contributed by atoms with Crippen molar-refractivity contribution >= 4 is 35.6 Å². The van der Waals surface area contributed by atoms with Crippen LogP contribution in [-0.4, -0.2) is 41.3 Å². The molecule has 0 aromatic heterocycles. The van der Waals surface area contributed by atoms with Crippen LogP contribution >= 0.6 is 24.8 Å². The molecule has 0 bridgehead atoms. The summed E-state index contributed by atoms with van der Waals surface area (Å²) in [5, 5.41) is 13.8. The highest BCUT2D eigenvalue weighted by Crippen LogP contribution is 2.45. The van der Waals surface area contributed by atoms with E-state index in [0.29, 0.717) is 6.04 Å². The second-order valence-electron chi connectivity index (χ2n) is 7.72. The maximum absolute atomic E-state index is 11.2. The van der Waals surface area contributed by atoms with E-state index in [-0.39, 0.29) is 30.7 Å². The molecule has 3 nitrogen and oxygen atoms in total. The molecule has 2 fully saturated rings. The molecule has 1 aliphatic heterocycles. The predicted octanol–water partition coefficient (Wildman–Crippen LogP) is 4.11. The molecular weight excluding hydrogens is 367 g/mol. The zero-order valence-corrected chi connectivity index (χ0v) is 16.8. The van der Waals surface area contributed by atoms with Crippen molar-refractivity contribution in [2.24, 2.45) is 5.73 Å². The normalized spacial score (nSPS) is 21.3. The number of likely N-dealkylation sites (tertiary alicyclic amines) is 1. The summed E-state index contributed by atoms with van der Waals surface area (Å²) in [6.07, 6.45) is 5.13. The second kappa shape index (κ2) is 8.90. The van der Waals surface area contributed by atoms with Gasteiger partial charge in [-0.2, -0.15) is 0 Å². The number of aliphatic hydroxyl groups is 1. The fourth-order valence-electron chi connectivity index (χ4n) is 4.39. The molecular formula is C21H30Cl2N2O. The van der Waals surface area contributed by atoms with Gasteiger partial charge in [-0.3, -0.25) is 0 Å². The van der Waals surface area contributed by atoms with Crippen LogP contribution in [0.15, 0.2) is 42.5 Å². The van der Waals surface area contributed by atoms with Crippen LogP contribution in [0.2, 0.25) is 0 Å². The van der Waals surface area contributed by atoms with Crippen LogP contribution in [-0.2, 0) is 0 Å². The summed E-state index contributed by atoms with van der Waals surface area (Å²) in [5.41, 5.74) is 6.83. The maximum atomic E-state index is 11.2. The van der Waals surface area contributed by atoms with E-state index >= 15 is 0 Å². The first-order valence-corrected chi connectivity index (χ1v) is 9.34. The third-order valence-electron chi connectivity index (χ3n) is 6.14. The third kappa shape index (κ3) is 4.18. The summed E-state index contributed by atoms with van der Waals surface area (Å²) in [6.45, 7) is 3.05. The Kier molecular flexibility index (Phi) is 7.35. The van der Waals surface area contributed by atoms with Gasteiger partial charge in [0.25, 0.3) is 0 Å². The number of nitrogens with two attached hydrogens (primary N) is 1. The van der Waals surface area contributed by atoms with Crippen LogP contribution in [0.1, 0.15) is 43.6 Å². The Bertz CT molecular complexity index is 707. The second-order valence-corrected chi connectivity index (χ2v) is 7.72. The number of hydrogen-bond acceptors (Lipinski definition) is 3. The lowest BCUT2D eigenvalue weighted by Gasteiger charge is -2.46. The lowest BCUT2D eigenvalue weighted by atomic mass is 9.67. The highest BCUT2D eigenvalue weighted by Gasteiger charge is 2.44. The molecule has 2 aliphatic rings. The molecule has 4 rings (SSSR count). The van der Waals surface area contributed by atoms with Gasteiger partial charge in [0.05, 0.1) is 5.60 Å². The standard InChI is InChI=1S/C21H28N2O.2ClH/c22-17-9-13-23(14-10-17)15-20(21(24)11-4-12-21)19-8-3-6-16-5-1-2-7-18(16)19;;/h1-3,5-8,17,20,24H,4,9-15,22H2;2*1H. The molecule has 1 saturated carbocycles. The van der Waals surface area contributed by atoms with Crippen molar-refractivity contribution < 1.29 is 5.11 Å². The lowest BCUT2D eigenvalue weighted by molar-refractivity contribution is -0.0654. The van der Waals surface area contributed by atoms with Gasteiger partial charge in [-0.15, -0.1) is 24.8 Å². The van der Waals surface area contributed by atoms with Crippen LogP contribution in [0.5, 0.6) is 0 Å². The number of fused-ring (bicyclic) bond motifs is 1. The van der Waals surface area contributed by atoms with Gasteiger partial charge in [0, 0.05) is 18.5 Å². The van der Waals surface area contributed by atoms with Gasteiger partial charge in [-0.1, -0.05) is 42.5 Å².